The summed E-state index contributed by atoms with van der Waals surface area (Å²) in [4.78, 5) is 1.24. The average molecular weight is 225 g/mol. The molecule has 0 radical (unpaired) electrons. The molecule has 0 saturated heterocycles. The Balaban J connectivity index is 2.54. The number of hydrogen-bond acceptors (Lipinski definition) is 3. The van der Waals surface area contributed by atoms with Gasteiger partial charge in [-0.25, -0.2) is 0 Å². The van der Waals surface area contributed by atoms with Crippen molar-refractivity contribution in [3.63, 3.8) is 0 Å². The Kier molecular flexibility index (Phi) is 5.58. The molecule has 1 N–H and O–H groups in total. The second kappa shape index (κ2) is 6.75. The van der Waals surface area contributed by atoms with Crippen molar-refractivity contribution in [3.05, 3.63) is 23.8 Å². The van der Waals surface area contributed by atoms with E-state index in [4.69, 9.17) is 4.74 Å². The van der Waals surface area contributed by atoms with Gasteiger partial charge in [0.05, 0.1) is 7.11 Å². The zero-order valence-corrected chi connectivity index (χ0v) is 10.5. The van der Waals surface area contributed by atoms with E-state index in [-0.39, 0.29) is 0 Å². The predicted octanol–water partition coefficient (Wildman–Crippen LogP) is 2.71. The minimum atomic E-state index is 0.982. The summed E-state index contributed by atoms with van der Waals surface area (Å²) in [5.74, 6) is 2.11. The van der Waals surface area contributed by atoms with Crippen LogP contribution in [0.4, 0.5) is 0 Å². The zero-order chi connectivity index (χ0) is 11.1. The smallest absolute Gasteiger partial charge is 0.132 e. The molecule has 0 unspecified atom stereocenters. The molecular formula is C12H19NOS. The highest BCUT2D eigenvalue weighted by Gasteiger charge is 2.02. The molecule has 0 aliphatic heterocycles. The van der Waals surface area contributed by atoms with Gasteiger partial charge in [0.1, 0.15) is 5.75 Å². The third-order valence-corrected chi connectivity index (χ3v) is 3.27. The maximum Gasteiger partial charge on any atom is 0.132 e. The van der Waals surface area contributed by atoms with E-state index in [1.807, 2.05) is 24.9 Å². The summed E-state index contributed by atoms with van der Waals surface area (Å²) in [5.41, 5.74) is 1.28. The molecule has 0 amide bonds. The van der Waals surface area contributed by atoms with E-state index in [0.29, 0.717) is 0 Å². The van der Waals surface area contributed by atoms with Crippen LogP contribution in [0, 0.1) is 6.92 Å². The number of benzene rings is 1. The Labute approximate surface area is 96.4 Å². The lowest BCUT2D eigenvalue weighted by Crippen LogP contribution is -2.08. The molecule has 84 valence electrons. The summed E-state index contributed by atoms with van der Waals surface area (Å²) in [6, 6.07) is 6.30. The molecule has 0 spiro atoms. The maximum atomic E-state index is 5.32. The number of methoxy groups -OCH3 is 1. The Hall–Kier alpha value is -0.670. The highest BCUT2D eigenvalue weighted by atomic mass is 32.2. The number of thioether (sulfide) groups is 1. The van der Waals surface area contributed by atoms with Gasteiger partial charge in [-0.2, -0.15) is 0 Å². The first-order valence-corrected chi connectivity index (χ1v) is 6.18. The molecule has 0 aliphatic rings. The summed E-state index contributed by atoms with van der Waals surface area (Å²) in [6.07, 6.45) is 1.18. The van der Waals surface area contributed by atoms with Crippen LogP contribution >= 0.6 is 11.8 Å². The van der Waals surface area contributed by atoms with Crippen LogP contribution in [0.15, 0.2) is 23.1 Å². The van der Waals surface area contributed by atoms with Crippen LogP contribution in [0.5, 0.6) is 5.75 Å². The van der Waals surface area contributed by atoms with Crippen molar-refractivity contribution >= 4 is 11.8 Å². The van der Waals surface area contributed by atoms with E-state index in [0.717, 1.165) is 18.0 Å². The average Bonchev–Trinajstić information content (AvgIpc) is 2.25. The molecule has 0 bridgehead atoms. The molecule has 1 rings (SSSR count). The van der Waals surface area contributed by atoms with Crippen molar-refractivity contribution in [1.29, 1.82) is 0 Å². The predicted molar refractivity (Wildman–Crippen MR) is 67.0 cm³/mol. The molecule has 0 aromatic heterocycles. The number of rotatable bonds is 6. The van der Waals surface area contributed by atoms with Crippen molar-refractivity contribution in [1.82, 2.24) is 5.32 Å². The molecule has 1 aromatic rings. The number of ether oxygens (including phenoxy) is 1. The normalized spacial score (nSPS) is 10.3. The molecule has 0 fully saturated rings. The van der Waals surface area contributed by atoms with Crippen LogP contribution in [0.25, 0.3) is 0 Å². The van der Waals surface area contributed by atoms with Gasteiger partial charge in [-0.1, -0.05) is 6.07 Å². The quantitative estimate of drug-likeness (QED) is 0.594. The van der Waals surface area contributed by atoms with Crippen LogP contribution in [0.1, 0.15) is 12.0 Å². The number of nitrogens with one attached hydrogen (secondary N) is 1. The second-order valence-electron chi connectivity index (χ2n) is 3.46. The molecule has 0 aliphatic carbocycles. The first-order valence-electron chi connectivity index (χ1n) is 5.20. The van der Waals surface area contributed by atoms with Crippen molar-refractivity contribution in [2.24, 2.45) is 0 Å². The van der Waals surface area contributed by atoms with Crippen molar-refractivity contribution in [2.45, 2.75) is 18.2 Å². The molecule has 0 saturated carbocycles. The number of hydrogen-bond donors (Lipinski definition) is 1. The van der Waals surface area contributed by atoms with E-state index < -0.39 is 0 Å². The number of aryl methyl sites for hydroxylation is 1. The molecule has 3 heteroatoms. The lowest BCUT2D eigenvalue weighted by Gasteiger charge is -2.08. The van der Waals surface area contributed by atoms with Crippen molar-refractivity contribution in [3.8, 4) is 5.75 Å². The maximum absolute atomic E-state index is 5.32. The van der Waals surface area contributed by atoms with Crippen molar-refractivity contribution < 1.29 is 4.74 Å². The van der Waals surface area contributed by atoms with Crippen LogP contribution < -0.4 is 10.1 Å². The van der Waals surface area contributed by atoms with E-state index in [2.05, 4.69) is 24.4 Å². The summed E-state index contributed by atoms with van der Waals surface area (Å²) < 4.78 is 5.32. The first kappa shape index (κ1) is 12.4. The van der Waals surface area contributed by atoms with Gasteiger partial charge in [0.15, 0.2) is 0 Å². The Morgan fingerprint density at radius 3 is 2.87 bits per heavy atom. The van der Waals surface area contributed by atoms with Gasteiger partial charge in [-0.05, 0) is 50.4 Å². The van der Waals surface area contributed by atoms with E-state index in [9.17, 15) is 0 Å². The third-order valence-electron chi connectivity index (χ3n) is 2.15. The van der Waals surface area contributed by atoms with Gasteiger partial charge in [0.25, 0.3) is 0 Å². The summed E-state index contributed by atoms with van der Waals surface area (Å²) in [7, 11) is 3.71. The minimum absolute atomic E-state index is 0.982. The molecular weight excluding hydrogens is 206 g/mol. The Morgan fingerprint density at radius 1 is 1.40 bits per heavy atom. The largest absolute Gasteiger partial charge is 0.496 e. The highest BCUT2D eigenvalue weighted by molar-refractivity contribution is 7.99. The van der Waals surface area contributed by atoms with Crippen LogP contribution in [0.2, 0.25) is 0 Å². The molecule has 15 heavy (non-hydrogen) atoms. The molecule has 2 nitrogen and oxygen atoms in total. The van der Waals surface area contributed by atoms with Gasteiger partial charge in [0, 0.05) is 4.90 Å². The van der Waals surface area contributed by atoms with Crippen LogP contribution in [-0.2, 0) is 0 Å². The topological polar surface area (TPSA) is 21.3 Å². The zero-order valence-electron chi connectivity index (χ0n) is 9.67. The fraction of sp³-hybridized carbons (Fsp3) is 0.500. The fourth-order valence-electron chi connectivity index (χ4n) is 1.33. The summed E-state index contributed by atoms with van der Waals surface area (Å²) in [6.45, 7) is 3.18. The van der Waals surface area contributed by atoms with Gasteiger partial charge in [-0.15, -0.1) is 11.8 Å². The van der Waals surface area contributed by atoms with Crippen molar-refractivity contribution in [2.75, 3.05) is 26.5 Å². The second-order valence-corrected chi connectivity index (χ2v) is 4.60. The van der Waals surface area contributed by atoms with Gasteiger partial charge in [0.2, 0.25) is 0 Å². The van der Waals surface area contributed by atoms with Crippen LogP contribution in [-0.4, -0.2) is 26.5 Å². The van der Waals surface area contributed by atoms with E-state index >= 15 is 0 Å². The van der Waals surface area contributed by atoms with Gasteiger partial charge in [-0.3, -0.25) is 0 Å². The molecule has 0 heterocycles. The first-order chi connectivity index (χ1) is 7.27. The van der Waals surface area contributed by atoms with Gasteiger partial charge < -0.3 is 10.1 Å². The minimum Gasteiger partial charge on any atom is -0.496 e. The molecule has 1 aromatic carbocycles. The summed E-state index contributed by atoms with van der Waals surface area (Å²) in [5, 5.41) is 3.15. The van der Waals surface area contributed by atoms with Crippen LogP contribution in [0.3, 0.4) is 0 Å². The van der Waals surface area contributed by atoms with Gasteiger partial charge >= 0.3 is 0 Å². The van der Waals surface area contributed by atoms with E-state index in [1.54, 1.807) is 7.11 Å². The Morgan fingerprint density at radius 2 is 2.20 bits per heavy atom. The standard InChI is InChI=1S/C12H19NOS/c1-10-5-6-11(14-3)12(9-10)15-8-4-7-13-2/h5-6,9,13H,4,7-8H2,1-3H3. The van der Waals surface area contributed by atoms with E-state index in [1.165, 1.54) is 16.9 Å². The molecule has 0 atom stereocenters. The lowest BCUT2D eigenvalue weighted by molar-refractivity contribution is 0.404. The monoisotopic (exact) mass is 225 g/mol. The summed E-state index contributed by atoms with van der Waals surface area (Å²) >= 11 is 1.86. The Bertz CT molecular complexity index is 302. The highest BCUT2D eigenvalue weighted by Crippen LogP contribution is 2.30. The lowest BCUT2D eigenvalue weighted by atomic mass is 10.2. The SMILES string of the molecule is CNCCCSc1cc(C)ccc1OC. The fourth-order valence-corrected chi connectivity index (χ4v) is 2.40. The third kappa shape index (κ3) is 4.14.